The van der Waals surface area contributed by atoms with E-state index in [4.69, 9.17) is 14.2 Å². The fourth-order valence-corrected chi connectivity index (χ4v) is 1.73. The molecule has 1 aromatic carbocycles. The summed E-state index contributed by atoms with van der Waals surface area (Å²) in [5.74, 6) is -1.62. The third kappa shape index (κ3) is 1.92. The molecule has 0 aromatic heterocycles. The Morgan fingerprint density at radius 2 is 2.07 bits per heavy atom. The number of halogens is 2. The topological polar surface area (TPSA) is 27.7 Å². The van der Waals surface area contributed by atoms with Crippen LogP contribution >= 0.6 is 15.9 Å². The Morgan fingerprint density at radius 3 is 2.60 bits per heavy atom. The van der Waals surface area contributed by atoms with Crippen molar-refractivity contribution in [3.05, 3.63) is 34.1 Å². The van der Waals surface area contributed by atoms with Crippen LogP contribution in [0.15, 0.2) is 22.7 Å². The monoisotopic (exact) mass is 276 g/mol. The van der Waals surface area contributed by atoms with E-state index in [-0.39, 0.29) is 5.82 Å². The minimum absolute atomic E-state index is 0.372. The molecule has 0 atom stereocenters. The summed E-state index contributed by atoms with van der Waals surface area (Å²) in [4.78, 5) is 0. The van der Waals surface area contributed by atoms with Gasteiger partial charge in [-0.3, -0.25) is 0 Å². The molecule has 0 saturated carbocycles. The molecule has 2 rings (SSSR count). The van der Waals surface area contributed by atoms with Crippen LogP contribution in [0.5, 0.6) is 0 Å². The minimum atomic E-state index is -1.25. The predicted molar refractivity (Wildman–Crippen MR) is 54.7 cm³/mol. The largest absolute Gasteiger partial charge is 0.327 e. The Kier molecular flexibility index (Phi) is 3.06. The van der Waals surface area contributed by atoms with E-state index in [1.54, 1.807) is 12.1 Å². The zero-order chi connectivity index (χ0) is 10.9. The Balaban J connectivity index is 2.38. The van der Waals surface area contributed by atoms with Crippen LogP contribution in [0.4, 0.5) is 4.39 Å². The third-order valence-corrected chi connectivity index (χ3v) is 2.85. The SMILES string of the molecule is COC1(c2ccc(Br)c(F)c2)OCCO1. The van der Waals surface area contributed by atoms with E-state index in [9.17, 15) is 4.39 Å². The highest BCUT2D eigenvalue weighted by atomic mass is 79.9. The second-order valence-corrected chi connectivity index (χ2v) is 3.94. The number of ether oxygens (including phenoxy) is 3. The summed E-state index contributed by atoms with van der Waals surface area (Å²) < 4.78 is 29.6. The first-order valence-corrected chi connectivity index (χ1v) is 5.26. The molecule has 1 aromatic rings. The maximum atomic E-state index is 13.3. The molecule has 1 heterocycles. The molecule has 0 spiro atoms. The van der Waals surface area contributed by atoms with Crippen LogP contribution in [0.25, 0.3) is 0 Å². The number of benzene rings is 1. The van der Waals surface area contributed by atoms with Gasteiger partial charge in [-0.2, -0.15) is 0 Å². The summed E-state index contributed by atoms with van der Waals surface area (Å²) in [6.45, 7) is 0.872. The standard InChI is InChI=1S/C10H10BrFO3/c1-13-10(14-4-5-15-10)7-2-3-8(11)9(12)6-7/h2-3,6H,4-5H2,1H3. The lowest BCUT2D eigenvalue weighted by Crippen LogP contribution is -2.29. The van der Waals surface area contributed by atoms with Crippen molar-refractivity contribution in [2.24, 2.45) is 0 Å². The highest BCUT2D eigenvalue weighted by Gasteiger charge is 2.39. The van der Waals surface area contributed by atoms with E-state index in [1.807, 2.05) is 0 Å². The molecule has 0 unspecified atom stereocenters. The highest BCUT2D eigenvalue weighted by molar-refractivity contribution is 9.10. The van der Waals surface area contributed by atoms with Crippen LogP contribution in [0.2, 0.25) is 0 Å². The number of rotatable bonds is 2. The molecule has 15 heavy (non-hydrogen) atoms. The van der Waals surface area contributed by atoms with Gasteiger partial charge < -0.3 is 14.2 Å². The lowest BCUT2D eigenvalue weighted by Gasteiger charge is -2.25. The molecule has 0 radical (unpaired) electrons. The Hall–Kier alpha value is -0.490. The van der Waals surface area contributed by atoms with Gasteiger partial charge in [-0.25, -0.2) is 4.39 Å². The second kappa shape index (κ2) is 4.17. The Labute approximate surface area is 95.3 Å². The molecule has 1 aliphatic rings. The van der Waals surface area contributed by atoms with Gasteiger partial charge in [-0.15, -0.1) is 0 Å². The van der Waals surface area contributed by atoms with Crippen molar-refractivity contribution in [3.63, 3.8) is 0 Å². The van der Waals surface area contributed by atoms with Crippen LogP contribution in [0.1, 0.15) is 5.56 Å². The van der Waals surface area contributed by atoms with Crippen LogP contribution in [-0.4, -0.2) is 20.3 Å². The summed E-state index contributed by atoms with van der Waals surface area (Å²) in [6, 6.07) is 4.62. The highest BCUT2D eigenvalue weighted by Crippen LogP contribution is 2.33. The summed E-state index contributed by atoms with van der Waals surface area (Å²) in [6.07, 6.45) is 0. The molecule has 1 aliphatic heterocycles. The van der Waals surface area contributed by atoms with Gasteiger partial charge in [-0.1, -0.05) is 0 Å². The summed E-state index contributed by atoms with van der Waals surface area (Å²) in [5, 5.41) is 0. The van der Waals surface area contributed by atoms with E-state index < -0.39 is 5.97 Å². The molecule has 3 nitrogen and oxygen atoms in total. The second-order valence-electron chi connectivity index (χ2n) is 3.09. The van der Waals surface area contributed by atoms with Crippen molar-refractivity contribution >= 4 is 15.9 Å². The molecule has 0 bridgehead atoms. The van der Waals surface area contributed by atoms with E-state index >= 15 is 0 Å². The van der Waals surface area contributed by atoms with Gasteiger partial charge in [-0.05, 0) is 34.1 Å². The van der Waals surface area contributed by atoms with Crippen LogP contribution < -0.4 is 0 Å². The van der Waals surface area contributed by atoms with Crippen molar-refractivity contribution in [1.82, 2.24) is 0 Å². The first-order chi connectivity index (χ1) is 7.18. The summed E-state index contributed by atoms with van der Waals surface area (Å²) in [7, 11) is 1.46. The van der Waals surface area contributed by atoms with Crippen molar-refractivity contribution < 1.29 is 18.6 Å². The quantitative estimate of drug-likeness (QED) is 0.830. The van der Waals surface area contributed by atoms with Gasteiger partial charge in [0.05, 0.1) is 17.7 Å². The van der Waals surface area contributed by atoms with E-state index in [0.717, 1.165) is 0 Å². The fraction of sp³-hybridized carbons (Fsp3) is 0.400. The molecule has 0 aliphatic carbocycles. The molecule has 0 amide bonds. The van der Waals surface area contributed by atoms with Gasteiger partial charge in [0.2, 0.25) is 0 Å². The zero-order valence-electron chi connectivity index (χ0n) is 8.13. The van der Waals surface area contributed by atoms with Crippen LogP contribution in [0, 0.1) is 5.82 Å². The predicted octanol–water partition coefficient (Wildman–Crippen LogP) is 2.39. The fourth-order valence-electron chi connectivity index (χ4n) is 1.48. The van der Waals surface area contributed by atoms with Crippen molar-refractivity contribution in [3.8, 4) is 0 Å². The van der Waals surface area contributed by atoms with Crippen molar-refractivity contribution in [1.29, 1.82) is 0 Å². The number of hydrogen-bond donors (Lipinski definition) is 0. The van der Waals surface area contributed by atoms with Crippen molar-refractivity contribution in [2.45, 2.75) is 5.97 Å². The first kappa shape index (κ1) is 11.0. The molecular weight excluding hydrogens is 267 g/mol. The summed E-state index contributed by atoms with van der Waals surface area (Å²) in [5.41, 5.74) is 0.517. The van der Waals surface area contributed by atoms with Crippen LogP contribution in [-0.2, 0) is 20.2 Å². The first-order valence-electron chi connectivity index (χ1n) is 4.46. The van der Waals surface area contributed by atoms with Gasteiger partial charge in [0, 0.05) is 12.7 Å². The van der Waals surface area contributed by atoms with E-state index in [2.05, 4.69) is 15.9 Å². The lowest BCUT2D eigenvalue weighted by atomic mass is 10.2. The minimum Gasteiger partial charge on any atom is -0.327 e. The molecule has 82 valence electrons. The smallest absolute Gasteiger partial charge is 0.311 e. The average molecular weight is 277 g/mol. The molecule has 5 heteroatoms. The maximum Gasteiger partial charge on any atom is 0.311 e. The van der Waals surface area contributed by atoms with Gasteiger partial charge in [0.15, 0.2) is 0 Å². The number of hydrogen-bond acceptors (Lipinski definition) is 3. The molecular formula is C10H10BrFO3. The van der Waals surface area contributed by atoms with E-state index in [0.29, 0.717) is 23.2 Å². The molecule has 1 saturated heterocycles. The average Bonchev–Trinajstić information content (AvgIpc) is 2.72. The van der Waals surface area contributed by atoms with E-state index in [1.165, 1.54) is 13.2 Å². The van der Waals surface area contributed by atoms with Crippen molar-refractivity contribution in [2.75, 3.05) is 20.3 Å². The summed E-state index contributed by atoms with van der Waals surface area (Å²) >= 11 is 3.08. The Bertz CT molecular complexity index is 364. The third-order valence-electron chi connectivity index (χ3n) is 2.21. The molecule has 1 fully saturated rings. The zero-order valence-corrected chi connectivity index (χ0v) is 9.71. The number of methoxy groups -OCH3 is 1. The van der Waals surface area contributed by atoms with Gasteiger partial charge in [0.1, 0.15) is 5.82 Å². The Morgan fingerprint density at radius 1 is 1.40 bits per heavy atom. The normalized spacial score (nSPS) is 19.4. The van der Waals surface area contributed by atoms with Gasteiger partial charge in [0.25, 0.3) is 0 Å². The van der Waals surface area contributed by atoms with Gasteiger partial charge >= 0.3 is 5.97 Å². The maximum absolute atomic E-state index is 13.3. The lowest BCUT2D eigenvalue weighted by molar-refractivity contribution is -0.331. The van der Waals surface area contributed by atoms with Crippen LogP contribution in [0.3, 0.4) is 0 Å². The molecule has 0 N–H and O–H groups in total.